The SMILES string of the molecule is O=C(Nc1ccsc1-c1nc(C(=O)O)c(O)c(=O)[nH]1)c1ccc(Cl)cc1. The Labute approximate surface area is 154 Å². The van der Waals surface area contributed by atoms with Crippen LogP contribution in [0.1, 0.15) is 20.8 Å². The number of benzene rings is 1. The Morgan fingerprint density at radius 2 is 1.88 bits per heavy atom. The minimum Gasteiger partial charge on any atom is -0.501 e. The van der Waals surface area contributed by atoms with Crippen LogP contribution in [0, 0.1) is 0 Å². The second kappa shape index (κ2) is 6.98. The zero-order chi connectivity index (χ0) is 18.8. The van der Waals surface area contributed by atoms with E-state index in [1.165, 1.54) is 0 Å². The molecular weight excluding hydrogens is 382 g/mol. The molecule has 1 amide bonds. The van der Waals surface area contributed by atoms with E-state index in [1.54, 1.807) is 35.7 Å². The largest absolute Gasteiger partial charge is 0.501 e. The highest BCUT2D eigenvalue weighted by Crippen LogP contribution is 2.32. The lowest BCUT2D eigenvalue weighted by Gasteiger charge is -2.07. The average molecular weight is 392 g/mol. The van der Waals surface area contributed by atoms with Gasteiger partial charge in [0.15, 0.2) is 11.5 Å². The van der Waals surface area contributed by atoms with Gasteiger partial charge in [-0.05, 0) is 35.7 Å². The van der Waals surface area contributed by atoms with Gasteiger partial charge >= 0.3 is 5.97 Å². The van der Waals surface area contributed by atoms with Crippen molar-refractivity contribution >= 4 is 40.5 Å². The molecule has 0 unspecified atom stereocenters. The van der Waals surface area contributed by atoms with Gasteiger partial charge in [-0.3, -0.25) is 9.59 Å². The summed E-state index contributed by atoms with van der Waals surface area (Å²) in [5.74, 6) is -3.02. The fourth-order valence-electron chi connectivity index (χ4n) is 2.11. The Balaban J connectivity index is 1.97. The number of aromatic hydroxyl groups is 1. The van der Waals surface area contributed by atoms with Crippen LogP contribution in [0.15, 0.2) is 40.5 Å². The van der Waals surface area contributed by atoms with Crippen molar-refractivity contribution in [1.29, 1.82) is 0 Å². The number of aromatic carboxylic acids is 1. The predicted octanol–water partition coefficient (Wildman–Crippen LogP) is 2.81. The molecule has 0 spiro atoms. The van der Waals surface area contributed by atoms with Crippen LogP contribution in [0.3, 0.4) is 0 Å². The van der Waals surface area contributed by atoms with Gasteiger partial charge in [0.05, 0.1) is 10.6 Å². The fraction of sp³-hybridized carbons (Fsp3) is 0. The van der Waals surface area contributed by atoms with Crippen LogP contribution in [-0.2, 0) is 0 Å². The molecule has 1 aromatic carbocycles. The molecule has 2 aromatic heterocycles. The molecule has 10 heteroatoms. The van der Waals surface area contributed by atoms with Gasteiger partial charge in [-0.2, -0.15) is 0 Å². The van der Waals surface area contributed by atoms with Gasteiger partial charge in [0.25, 0.3) is 11.5 Å². The van der Waals surface area contributed by atoms with Crippen molar-refractivity contribution in [3.05, 3.63) is 62.3 Å². The molecule has 0 aliphatic heterocycles. The molecule has 26 heavy (non-hydrogen) atoms. The van der Waals surface area contributed by atoms with Crippen molar-refractivity contribution in [3.8, 4) is 16.5 Å². The molecule has 0 aliphatic rings. The van der Waals surface area contributed by atoms with Crippen molar-refractivity contribution in [1.82, 2.24) is 9.97 Å². The van der Waals surface area contributed by atoms with E-state index in [4.69, 9.17) is 16.7 Å². The van der Waals surface area contributed by atoms with Gasteiger partial charge in [0, 0.05) is 10.6 Å². The maximum Gasteiger partial charge on any atom is 0.358 e. The summed E-state index contributed by atoms with van der Waals surface area (Å²) < 4.78 is 0. The minimum atomic E-state index is -1.54. The summed E-state index contributed by atoms with van der Waals surface area (Å²) in [6.07, 6.45) is 0. The quantitative estimate of drug-likeness (QED) is 0.540. The minimum absolute atomic E-state index is 0.0772. The summed E-state index contributed by atoms with van der Waals surface area (Å²) in [6.45, 7) is 0. The van der Waals surface area contributed by atoms with E-state index >= 15 is 0 Å². The first kappa shape index (κ1) is 17.6. The van der Waals surface area contributed by atoms with E-state index in [0.29, 0.717) is 21.2 Å². The highest BCUT2D eigenvalue weighted by atomic mass is 35.5. The summed E-state index contributed by atoms with van der Waals surface area (Å²) in [7, 11) is 0. The number of nitrogens with zero attached hydrogens (tertiary/aromatic N) is 1. The van der Waals surface area contributed by atoms with Gasteiger partial charge in [0.1, 0.15) is 0 Å². The number of aromatic nitrogens is 2. The Hall–Kier alpha value is -3.17. The highest BCUT2D eigenvalue weighted by Gasteiger charge is 2.20. The van der Waals surface area contributed by atoms with Crippen LogP contribution in [0.4, 0.5) is 5.69 Å². The topological polar surface area (TPSA) is 132 Å². The number of thiophene rings is 1. The number of hydrogen-bond donors (Lipinski definition) is 4. The van der Waals surface area contributed by atoms with Crippen LogP contribution >= 0.6 is 22.9 Å². The third-order valence-corrected chi connectivity index (χ3v) is 4.51. The van der Waals surface area contributed by atoms with Crippen LogP contribution < -0.4 is 10.9 Å². The zero-order valence-corrected chi connectivity index (χ0v) is 14.4. The third-order valence-electron chi connectivity index (χ3n) is 3.33. The van der Waals surface area contributed by atoms with E-state index in [-0.39, 0.29) is 5.82 Å². The number of nitrogens with one attached hydrogen (secondary N) is 2. The first-order chi connectivity index (χ1) is 12.4. The molecule has 132 valence electrons. The second-order valence-electron chi connectivity index (χ2n) is 5.04. The van der Waals surface area contributed by atoms with Crippen molar-refractivity contribution in [2.45, 2.75) is 0 Å². The van der Waals surface area contributed by atoms with Crippen molar-refractivity contribution in [3.63, 3.8) is 0 Å². The van der Waals surface area contributed by atoms with Gasteiger partial charge in [0.2, 0.25) is 5.75 Å². The molecule has 8 nitrogen and oxygen atoms in total. The highest BCUT2D eigenvalue weighted by molar-refractivity contribution is 7.14. The lowest BCUT2D eigenvalue weighted by Crippen LogP contribution is -2.16. The zero-order valence-electron chi connectivity index (χ0n) is 12.8. The Morgan fingerprint density at radius 1 is 1.19 bits per heavy atom. The Kier molecular flexibility index (Phi) is 4.74. The van der Waals surface area contributed by atoms with E-state index in [0.717, 1.165) is 11.3 Å². The van der Waals surface area contributed by atoms with Gasteiger partial charge in [-0.25, -0.2) is 9.78 Å². The normalized spacial score (nSPS) is 10.5. The monoisotopic (exact) mass is 391 g/mol. The second-order valence-corrected chi connectivity index (χ2v) is 6.39. The molecule has 0 bridgehead atoms. The van der Waals surface area contributed by atoms with Gasteiger partial charge < -0.3 is 20.5 Å². The molecular formula is C16H10ClN3O5S. The number of carboxylic acid groups (broad SMARTS) is 1. The standard InChI is InChI=1S/C16H10ClN3O5S/c17-8-3-1-7(2-4-8)14(22)18-9-5-6-26-12(9)13-19-10(16(24)25)11(21)15(23)20-13/h1-6,21H,(H,18,22)(H,24,25)(H,19,20,23). The number of carbonyl (C=O) groups excluding carboxylic acids is 1. The fourth-order valence-corrected chi connectivity index (χ4v) is 3.03. The average Bonchev–Trinajstić information content (AvgIpc) is 3.05. The number of carboxylic acids is 1. The molecule has 3 aromatic rings. The van der Waals surface area contributed by atoms with Gasteiger partial charge in [-0.1, -0.05) is 11.6 Å². The van der Waals surface area contributed by atoms with E-state index < -0.39 is 28.9 Å². The van der Waals surface area contributed by atoms with Crippen LogP contribution in [-0.4, -0.2) is 32.1 Å². The maximum atomic E-state index is 12.3. The summed E-state index contributed by atoms with van der Waals surface area (Å²) in [4.78, 5) is 41.6. The Morgan fingerprint density at radius 3 is 2.54 bits per heavy atom. The number of carbonyl (C=O) groups is 2. The lowest BCUT2D eigenvalue weighted by atomic mass is 10.2. The van der Waals surface area contributed by atoms with Crippen LogP contribution in [0.2, 0.25) is 5.02 Å². The molecule has 0 saturated heterocycles. The lowest BCUT2D eigenvalue weighted by molar-refractivity contribution is 0.0686. The molecule has 0 aliphatic carbocycles. The predicted molar refractivity (Wildman–Crippen MR) is 96.2 cm³/mol. The molecule has 0 fully saturated rings. The number of halogens is 1. The molecule has 0 atom stereocenters. The van der Waals surface area contributed by atoms with Crippen molar-refractivity contribution < 1.29 is 19.8 Å². The van der Waals surface area contributed by atoms with Crippen molar-refractivity contribution in [2.24, 2.45) is 0 Å². The first-order valence-corrected chi connectivity index (χ1v) is 8.34. The number of aromatic amines is 1. The molecule has 4 N–H and O–H groups in total. The maximum absolute atomic E-state index is 12.3. The van der Waals surface area contributed by atoms with E-state index in [9.17, 15) is 19.5 Å². The summed E-state index contributed by atoms with van der Waals surface area (Å²) >= 11 is 6.93. The first-order valence-electron chi connectivity index (χ1n) is 7.08. The van der Waals surface area contributed by atoms with Crippen LogP contribution in [0.5, 0.6) is 5.75 Å². The molecule has 2 heterocycles. The molecule has 0 radical (unpaired) electrons. The van der Waals surface area contributed by atoms with E-state index in [2.05, 4.69) is 15.3 Å². The number of anilines is 1. The summed E-state index contributed by atoms with van der Waals surface area (Å²) in [5.41, 5.74) is -1.06. The Bertz CT molecular complexity index is 1060. The summed E-state index contributed by atoms with van der Waals surface area (Å²) in [6, 6.07) is 7.83. The number of hydrogen-bond acceptors (Lipinski definition) is 6. The molecule has 0 saturated carbocycles. The number of H-pyrrole nitrogens is 1. The van der Waals surface area contributed by atoms with Gasteiger partial charge in [-0.15, -0.1) is 11.3 Å². The number of rotatable bonds is 4. The smallest absolute Gasteiger partial charge is 0.358 e. The van der Waals surface area contributed by atoms with Crippen molar-refractivity contribution in [2.75, 3.05) is 5.32 Å². The number of amides is 1. The van der Waals surface area contributed by atoms with Crippen LogP contribution in [0.25, 0.3) is 10.7 Å². The summed E-state index contributed by atoms with van der Waals surface area (Å²) in [5, 5.41) is 23.4. The molecule has 3 rings (SSSR count). The van der Waals surface area contributed by atoms with E-state index in [1.807, 2.05) is 0 Å². The third kappa shape index (κ3) is 3.44.